The fourth-order valence-corrected chi connectivity index (χ4v) is 3.13. The van der Waals surface area contributed by atoms with Crippen LogP contribution in [0.25, 0.3) is 0 Å². The molecular formula is C17H15Cl2NO3S. The molecule has 2 aromatic carbocycles. The molecule has 2 rings (SSSR count). The number of hydrogen-bond acceptors (Lipinski definition) is 4. The van der Waals surface area contributed by atoms with Crippen molar-refractivity contribution < 1.29 is 14.3 Å². The maximum Gasteiger partial charge on any atom is 0.307 e. The van der Waals surface area contributed by atoms with E-state index in [1.54, 1.807) is 30.0 Å². The predicted octanol–water partition coefficient (Wildman–Crippen LogP) is 4.66. The zero-order chi connectivity index (χ0) is 17.4. The van der Waals surface area contributed by atoms with Gasteiger partial charge in [0.25, 0.3) is 5.91 Å². The van der Waals surface area contributed by atoms with Gasteiger partial charge in [-0.1, -0.05) is 47.5 Å². The first-order chi connectivity index (χ1) is 11.6. The van der Waals surface area contributed by atoms with Crippen molar-refractivity contribution >= 4 is 52.5 Å². The second kappa shape index (κ2) is 9.57. The summed E-state index contributed by atoms with van der Waals surface area (Å²) in [6, 6.07) is 14.6. The number of amides is 1. The van der Waals surface area contributed by atoms with Gasteiger partial charge in [0.2, 0.25) is 0 Å². The molecule has 0 aliphatic rings. The third-order valence-corrected chi connectivity index (χ3v) is 4.55. The molecule has 1 amide bonds. The van der Waals surface area contributed by atoms with E-state index in [2.05, 4.69) is 5.32 Å². The van der Waals surface area contributed by atoms with Crippen LogP contribution < -0.4 is 5.32 Å². The van der Waals surface area contributed by atoms with Crippen molar-refractivity contribution in [2.24, 2.45) is 0 Å². The summed E-state index contributed by atoms with van der Waals surface area (Å²) in [6.45, 7) is -0.379. The molecule has 7 heteroatoms. The van der Waals surface area contributed by atoms with Crippen molar-refractivity contribution in [3.05, 3.63) is 58.6 Å². The van der Waals surface area contributed by atoms with E-state index in [0.717, 1.165) is 4.90 Å². The second-order valence-corrected chi connectivity index (χ2v) is 6.70. The van der Waals surface area contributed by atoms with Gasteiger partial charge in [-0.15, -0.1) is 11.8 Å². The molecule has 2 aromatic rings. The molecule has 0 saturated carbocycles. The van der Waals surface area contributed by atoms with E-state index in [9.17, 15) is 9.59 Å². The van der Waals surface area contributed by atoms with Crippen LogP contribution in [0.15, 0.2) is 53.4 Å². The molecule has 0 spiro atoms. The molecule has 0 fully saturated rings. The van der Waals surface area contributed by atoms with Gasteiger partial charge in [-0.2, -0.15) is 0 Å². The van der Waals surface area contributed by atoms with Crippen molar-refractivity contribution in [1.82, 2.24) is 0 Å². The van der Waals surface area contributed by atoms with Crippen LogP contribution in [0.2, 0.25) is 10.0 Å². The van der Waals surface area contributed by atoms with Gasteiger partial charge < -0.3 is 10.1 Å². The number of benzene rings is 2. The first kappa shape index (κ1) is 18.6. The van der Waals surface area contributed by atoms with Gasteiger partial charge in [0, 0.05) is 10.6 Å². The quantitative estimate of drug-likeness (QED) is 0.557. The average molecular weight is 384 g/mol. The fourth-order valence-electron chi connectivity index (χ4n) is 1.78. The van der Waals surface area contributed by atoms with Crippen LogP contribution in [0.5, 0.6) is 0 Å². The smallest absolute Gasteiger partial charge is 0.307 e. The van der Waals surface area contributed by atoms with E-state index < -0.39 is 11.9 Å². The first-order valence-electron chi connectivity index (χ1n) is 7.13. The van der Waals surface area contributed by atoms with Crippen LogP contribution >= 0.6 is 35.0 Å². The molecule has 0 unspecified atom stereocenters. The van der Waals surface area contributed by atoms with Gasteiger partial charge in [-0.05, 0) is 24.3 Å². The van der Waals surface area contributed by atoms with E-state index >= 15 is 0 Å². The highest BCUT2D eigenvalue weighted by Crippen LogP contribution is 2.29. The van der Waals surface area contributed by atoms with Gasteiger partial charge in [0.15, 0.2) is 6.61 Å². The molecule has 1 N–H and O–H groups in total. The summed E-state index contributed by atoms with van der Waals surface area (Å²) in [5, 5.41) is 3.17. The largest absolute Gasteiger partial charge is 0.456 e. The number of ether oxygens (including phenoxy) is 1. The number of nitrogens with one attached hydrogen (secondary N) is 1. The van der Waals surface area contributed by atoms with Crippen molar-refractivity contribution in [3.8, 4) is 0 Å². The summed E-state index contributed by atoms with van der Waals surface area (Å²) in [6.07, 6.45) is 0.222. The molecule has 0 aliphatic heterocycles. The molecule has 0 aliphatic carbocycles. The number of rotatable bonds is 7. The number of halogens is 2. The molecule has 0 radical (unpaired) electrons. The number of thioether (sulfide) groups is 1. The lowest BCUT2D eigenvalue weighted by Crippen LogP contribution is -2.21. The van der Waals surface area contributed by atoms with E-state index in [-0.39, 0.29) is 13.0 Å². The van der Waals surface area contributed by atoms with Crippen LogP contribution in [0.1, 0.15) is 6.42 Å². The van der Waals surface area contributed by atoms with Crippen LogP contribution in [-0.4, -0.2) is 24.2 Å². The van der Waals surface area contributed by atoms with Gasteiger partial charge in [0.1, 0.15) is 0 Å². The van der Waals surface area contributed by atoms with Gasteiger partial charge >= 0.3 is 5.97 Å². The number of anilines is 1. The predicted molar refractivity (Wildman–Crippen MR) is 97.8 cm³/mol. The lowest BCUT2D eigenvalue weighted by atomic mass is 10.3. The Balaban J connectivity index is 1.70. The number of hydrogen-bond donors (Lipinski definition) is 1. The van der Waals surface area contributed by atoms with E-state index in [4.69, 9.17) is 27.9 Å². The van der Waals surface area contributed by atoms with Gasteiger partial charge in [0.05, 0.1) is 22.2 Å². The summed E-state index contributed by atoms with van der Waals surface area (Å²) in [7, 11) is 0. The van der Waals surface area contributed by atoms with E-state index in [0.29, 0.717) is 21.5 Å². The fraction of sp³-hybridized carbons (Fsp3) is 0.176. The third kappa shape index (κ3) is 6.07. The summed E-state index contributed by atoms with van der Waals surface area (Å²) in [5.74, 6) is -0.339. The van der Waals surface area contributed by atoms with Crippen LogP contribution in [0.4, 0.5) is 5.69 Å². The van der Waals surface area contributed by atoms with E-state index in [1.807, 2.05) is 30.3 Å². The Kier molecular flexibility index (Phi) is 7.43. The Morgan fingerprint density at radius 2 is 1.67 bits per heavy atom. The average Bonchev–Trinajstić information content (AvgIpc) is 2.57. The van der Waals surface area contributed by atoms with Crippen LogP contribution in [0.3, 0.4) is 0 Å². The molecule has 0 heterocycles. The number of esters is 1. The number of para-hydroxylation sites is 1. The van der Waals surface area contributed by atoms with Crippen molar-refractivity contribution in [2.75, 3.05) is 17.7 Å². The topological polar surface area (TPSA) is 55.4 Å². The Labute approximate surface area is 154 Å². The number of carbonyl (C=O) groups is 2. The summed E-state index contributed by atoms with van der Waals surface area (Å²) >= 11 is 13.5. The first-order valence-corrected chi connectivity index (χ1v) is 8.88. The second-order valence-electron chi connectivity index (χ2n) is 4.72. The highest BCUT2D eigenvalue weighted by molar-refractivity contribution is 7.99. The van der Waals surface area contributed by atoms with E-state index in [1.165, 1.54) is 0 Å². The molecule has 0 saturated heterocycles. The van der Waals surface area contributed by atoms with Crippen molar-refractivity contribution in [3.63, 3.8) is 0 Å². The zero-order valence-electron chi connectivity index (χ0n) is 12.6. The van der Waals surface area contributed by atoms with Gasteiger partial charge in [-0.3, -0.25) is 9.59 Å². The minimum atomic E-state index is -0.492. The Hall–Kier alpha value is -1.69. The minimum Gasteiger partial charge on any atom is -0.456 e. The summed E-state index contributed by atoms with van der Waals surface area (Å²) in [4.78, 5) is 24.5. The molecule has 0 bridgehead atoms. The SMILES string of the molecule is O=C(COC(=O)CCSc1ccccc1)Nc1c(Cl)cccc1Cl. The zero-order valence-corrected chi connectivity index (χ0v) is 15.0. The maximum absolute atomic E-state index is 11.8. The van der Waals surface area contributed by atoms with Gasteiger partial charge in [-0.25, -0.2) is 0 Å². The van der Waals surface area contributed by atoms with Crippen LogP contribution in [0, 0.1) is 0 Å². The molecule has 126 valence electrons. The number of carbonyl (C=O) groups excluding carboxylic acids is 2. The van der Waals surface area contributed by atoms with Crippen molar-refractivity contribution in [2.45, 2.75) is 11.3 Å². The molecule has 0 aromatic heterocycles. The molecule has 4 nitrogen and oxygen atoms in total. The Morgan fingerprint density at radius 3 is 2.33 bits per heavy atom. The minimum absolute atomic E-state index is 0.222. The normalized spacial score (nSPS) is 10.2. The summed E-state index contributed by atoms with van der Waals surface area (Å²) in [5.41, 5.74) is 0.307. The molecule has 0 atom stereocenters. The molecular weight excluding hydrogens is 369 g/mol. The third-order valence-electron chi connectivity index (χ3n) is 2.91. The Morgan fingerprint density at radius 1 is 1.00 bits per heavy atom. The highest BCUT2D eigenvalue weighted by Gasteiger charge is 2.12. The highest BCUT2D eigenvalue weighted by atomic mass is 35.5. The Bertz CT molecular complexity index is 690. The lowest BCUT2D eigenvalue weighted by Gasteiger charge is -2.09. The molecule has 24 heavy (non-hydrogen) atoms. The van der Waals surface area contributed by atoms with Crippen LogP contribution in [-0.2, 0) is 14.3 Å². The lowest BCUT2D eigenvalue weighted by molar-refractivity contribution is -0.146. The maximum atomic E-state index is 11.8. The van der Waals surface area contributed by atoms with Crippen molar-refractivity contribution in [1.29, 1.82) is 0 Å². The summed E-state index contributed by atoms with van der Waals surface area (Å²) < 4.78 is 4.94. The standard InChI is InChI=1S/C17H15Cl2NO3S/c18-13-7-4-8-14(19)17(13)20-15(21)11-23-16(22)9-10-24-12-5-2-1-3-6-12/h1-8H,9-11H2,(H,20,21). The monoisotopic (exact) mass is 383 g/mol.